The van der Waals surface area contributed by atoms with Crippen molar-refractivity contribution in [1.29, 1.82) is 0 Å². The number of amides is 1. The van der Waals surface area contributed by atoms with Gasteiger partial charge in [0.25, 0.3) is 5.91 Å². The van der Waals surface area contributed by atoms with Gasteiger partial charge in [0.05, 0.1) is 12.2 Å². The molecule has 2 aromatic rings. The van der Waals surface area contributed by atoms with E-state index in [0.717, 1.165) is 12.0 Å². The van der Waals surface area contributed by atoms with Gasteiger partial charge in [0.2, 0.25) is 0 Å². The molecule has 1 N–H and O–H groups in total. The summed E-state index contributed by atoms with van der Waals surface area (Å²) < 4.78 is 5.05. The fourth-order valence-electron chi connectivity index (χ4n) is 1.96. The fraction of sp³-hybridized carbons (Fsp3) is 0.222. The first kappa shape index (κ1) is 15.8. The molecule has 4 nitrogen and oxygen atoms in total. The normalized spacial score (nSPS) is 10.1. The minimum Gasteiger partial charge on any atom is -0.462 e. The Morgan fingerprint density at radius 3 is 2.41 bits per heavy atom. The number of rotatable bonds is 5. The molecule has 0 aliphatic carbocycles. The van der Waals surface area contributed by atoms with E-state index in [2.05, 4.69) is 5.32 Å². The van der Waals surface area contributed by atoms with Crippen molar-refractivity contribution in [3.05, 3.63) is 65.2 Å². The van der Waals surface area contributed by atoms with Gasteiger partial charge in [0.15, 0.2) is 0 Å². The molecule has 0 unspecified atom stereocenters. The van der Waals surface area contributed by atoms with Crippen LogP contribution in [0, 0.1) is 6.92 Å². The second-order valence-electron chi connectivity index (χ2n) is 5.04. The summed E-state index contributed by atoms with van der Waals surface area (Å²) in [4.78, 5) is 23.8. The van der Waals surface area contributed by atoms with Gasteiger partial charge in [0, 0.05) is 11.3 Å². The van der Waals surface area contributed by atoms with Gasteiger partial charge < -0.3 is 10.1 Å². The molecule has 0 heterocycles. The lowest BCUT2D eigenvalue weighted by Crippen LogP contribution is -2.12. The molecule has 0 aromatic heterocycles. The number of ether oxygens (including phenoxy) is 1. The van der Waals surface area contributed by atoms with E-state index in [0.29, 0.717) is 23.4 Å². The minimum absolute atomic E-state index is 0.176. The van der Waals surface area contributed by atoms with Crippen molar-refractivity contribution in [3.63, 3.8) is 0 Å². The second kappa shape index (κ2) is 7.41. The second-order valence-corrected chi connectivity index (χ2v) is 5.04. The molecule has 4 heteroatoms. The predicted molar refractivity (Wildman–Crippen MR) is 86.1 cm³/mol. The van der Waals surface area contributed by atoms with E-state index in [1.165, 1.54) is 0 Å². The summed E-state index contributed by atoms with van der Waals surface area (Å²) in [5.41, 5.74) is 2.74. The van der Waals surface area contributed by atoms with Crippen LogP contribution in [0.5, 0.6) is 0 Å². The zero-order valence-electron chi connectivity index (χ0n) is 12.8. The van der Waals surface area contributed by atoms with Crippen LogP contribution >= 0.6 is 0 Å². The number of anilines is 1. The van der Waals surface area contributed by atoms with E-state index in [4.69, 9.17) is 4.74 Å². The van der Waals surface area contributed by atoms with Crippen molar-refractivity contribution in [2.45, 2.75) is 20.3 Å². The van der Waals surface area contributed by atoms with Crippen LogP contribution in [-0.4, -0.2) is 18.5 Å². The highest BCUT2D eigenvalue weighted by Crippen LogP contribution is 2.13. The van der Waals surface area contributed by atoms with Crippen LogP contribution in [0.3, 0.4) is 0 Å². The molecule has 0 fully saturated rings. The zero-order chi connectivity index (χ0) is 15.9. The monoisotopic (exact) mass is 297 g/mol. The molecule has 114 valence electrons. The third kappa shape index (κ3) is 4.19. The number of carbonyl (C=O) groups excluding carboxylic acids is 2. The van der Waals surface area contributed by atoms with Crippen LogP contribution in [0.4, 0.5) is 5.69 Å². The van der Waals surface area contributed by atoms with E-state index in [-0.39, 0.29) is 11.9 Å². The standard InChI is InChI=1S/C18H19NO3/c1-3-11-22-18(21)14-7-9-16(10-8-14)19-17(20)15-6-4-5-13(2)12-15/h4-10,12H,3,11H2,1-2H3,(H,19,20). The first-order valence-electron chi connectivity index (χ1n) is 7.25. The third-order valence-electron chi connectivity index (χ3n) is 3.10. The maximum atomic E-state index is 12.1. The van der Waals surface area contributed by atoms with Gasteiger partial charge in [-0.1, -0.05) is 24.6 Å². The number of esters is 1. The van der Waals surface area contributed by atoms with Crippen molar-refractivity contribution in [2.75, 3.05) is 11.9 Å². The molecule has 0 saturated heterocycles. The Morgan fingerprint density at radius 2 is 1.77 bits per heavy atom. The Kier molecular flexibility index (Phi) is 5.31. The summed E-state index contributed by atoms with van der Waals surface area (Å²) in [6.45, 7) is 4.29. The van der Waals surface area contributed by atoms with E-state index in [1.54, 1.807) is 30.3 Å². The van der Waals surface area contributed by atoms with Gasteiger partial charge in [-0.2, -0.15) is 0 Å². The number of hydrogen-bond acceptors (Lipinski definition) is 3. The summed E-state index contributed by atoms with van der Waals surface area (Å²) in [6, 6.07) is 14.0. The van der Waals surface area contributed by atoms with Crippen molar-refractivity contribution >= 4 is 17.6 Å². The molecular weight excluding hydrogens is 278 g/mol. The summed E-state index contributed by atoms with van der Waals surface area (Å²) in [5.74, 6) is -0.525. The quantitative estimate of drug-likeness (QED) is 0.854. The SMILES string of the molecule is CCCOC(=O)c1ccc(NC(=O)c2cccc(C)c2)cc1. The Balaban J connectivity index is 2.02. The Morgan fingerprint density at radius 1 is 1.05 bits per heavy atom. The van der Waals surface area contributed by atoms with Crippen LogP contribution in [-0.2, 0) is 4.74 Å². The number of nitrogens with one attached hydrogen (secondary N) is 1. The van der Waals surface area contributed by atoms with Crippen LogP contribution in [0.1, 0.15) is 39.6 Å². The number of hydrogen-bond donors (Lipinski definition) is 1. The lowest BCUT2D eigenvalue weighted by atomic mass is 10.1. The predicted octanol–water partition coefficient (Wildman–Crippen LogP) is 3.81. The fourth-order valence-corrected chi connectivity index (χ4v) is 1.96. The van der Waals surface area contributed by atoms with Crippen molar-refractivity contribution in [3.8, 4) is 0 Å². The summed E-state index contributed by atoms with van der Waals surface area (Å²) >= 11 is 0. The Bertz CT molecular complexity index is 662. The molecule has 0 radical (unpaired) electrons. The van der Waals surface area contributed by atoms with Crippen molar-refractivity contribution in [1.82, 2.24) is 0 Å². The highest BCUT2D eigenvalue weighted by molar-refractivity contribution is 6.04. The average molecular weight is 297 g/mol. The summed E-state index contributed by atoms with van der Waals surface area (Å²) in [6.07, 6.45) is 0.788. The van der Waals surface area contributed by atoms with Gasteiger partial charge in [-0.05, 0) is 49.7 Å². The van der Waals surface area contributed by atoms with Gasteiger partial charge in [-0.25, -0.2) is 4.79 Å². The number of aryl methyl sites for hydroxylation is 1. The molecule has 0 aliphatic rings. The van der Waals surface area contributed by atoms with E-state index in [1.807, 2.05) is 32.0 Å². The van der Waals surface area contributed by atoms with E-state index in [9.17, 15) is 9.59 Å². The lowest BCUT2D eigenvalue weighted by molar-refractivity contribution is 0.0505. The maximum absolute atomic E-state index is 12.1. The molecule has 0 spiro atoms. The maximum Gasteiger partial charge on any atom is 0.338 e. The minimum atomic E-state index is -0.349. The number of carbonyl (C=O) groups is 2. The topological polar surface area (TPSA) is 55.4 Å². The van der Waals surface area contributed by atoms with Crippen molar-refractivity contribution < 1.29 is 14.3 Å². The molecule has 2 rings (SSSR count). The molecule has 0 bridgehead atoms. The molecule has 0 aliphatic heterocycles. The third-order valence-corrected chi connectivity index (χ3v) is 3.10. The highest BCUT2D eigenvalue weighted by atomic mass is 16.5. The van der Waals surface area contributed by atoms with Gasteiger partial charge in [-0.3, -0.25) is 4.79 Å². The molecule has 22 heavy (non-hydrogen) atoms. The summed E-state index contributed by atoms with van der Waals surface area (Å²) in [5, 5.41) is 2.80. The Hall–Kier alpha value is -2.62. The highest BCUT2D eigenvalue weighted by Gasteiger charge is 2.09. The van der Waals surface area contributed by atoms with Crippen LogP contribution in [0.2, 0.25) is 0 Å². The zero-order valence-corrected chi connectivity index (χ0v) is 12.8. The van der Waals surface area contributed by atoms with Gasteiger partial charge >= 0.3 is 5.97 Å². The number of benzene rings is 2. The molecule has 0 saturated carbocycles. The first-order valence-corrected chi connectivity index (χ1v) is 7.25. The van der Waals surface area contributed by atoms with Gasteiger partial charge in [0.1, 0.15) is 0 Å². The van der Waals surface area contributed by atoms with Gasteiger partial charge in [-0.15, -0.1) is 0 Å². The van der Waals surface area contributed by atoms with Crippen LogP contribution in [0.15, 0.2) is 48.5 Å². The first-order chi connectivity index (χ1) is 10.6. The van der Waals surface area contributed by atoms with Crippen molar-refractivity contribution in [2.24, 2.45) is 0 Å². The molecule has 1 amide bonds. The van der Waals surface area contributed by atoms with E-state index < -0.39 is 0 Å². The van der Waals surface area contributed by atoms with E-state index >= 15 is 0 Å². The summed E-state index contributed by atoms with van der Waals surface area (Å²) in [7, 11) is 0. The molecular formula is C18H19NO3. The Labute approximate surface area is 130 Å². The van der Waals surface area contributed by atoms with Crippen LogP contribution in [0.25, 0.3) is 0 Å². The van der Waals surface area contributed by atoms with Crippen LogP contribution < -0.4 is 5.32 Å². The molecule has 2 aromatic carbocycles. The largest absolute Gasteiger partial charge is 0.462 e. The smallest absolute Gasteiger partial charge is 0.338 e. The average Bonchev–Trinajstić information content (AvgIpc) is 2.53. The molecule has 0 atom stereocenters. The lowest BCUT2D eigenvalue weighted by Gasteiger charge is -2.07.